The van der Waals surface area contributed by atoms with E-state index < -0.39 is 12.0 Å². The highest BCUT2D eigenvalue weighted by Crippen LogP contribution is 2.63. The number of aliphatic hydroxyl groups excluding tert-OH is 1. The van der Waals surface area contributed by atoms with Crippen LogP contribution in [0.1, 0.15) is 376 Å². The van der Waals surface area contributed by atoms with Crippen LogP contribution in [0.5, 0.6) is 0 Å². The summed E-state index contributed by atoms with van der Waals surface area (Å²) < 4.78 is 5.55. The van der Waals surface area contributed by atoms with E-state index in [-0.39, 0.29) is 10.8 Å². The van der Waals surface area contributed by atoms with Crippen LogP contribution < -0.4 is 0 Å². The van der Waals surface area contributed by atoms with Crippen molar-refractivity contribution in [2.24, 2.45) is 11.8 Å². The van der Waals surface area contributed by atoms with Gasteiger partial charge in [0, 0.05) is 53.8 Å². The Hall–Kier alpha value is -2.20. The maximum absolute atomic E-state index is 13.7. The molecule has 8 rings (SSSR count). The standard InChI is InChI=1S/C79H126N2O2S4/c1-12-16-20-24-28-32-34-38-42-45-49-58(48-44-40-36-30-26-22-18-14-3)52-60-56-80-71(75-66(60)72-63(85-75)55-65(86-72)78(8,9)10)69-68(76(80)82)70-74-67(73-62(84-74)54-64(87-73)77(5,6)7)61(57-81(70)79(69,11)83)53-59(50-46-41-37-31-27-23-19-15-4)51-47-43-39-35-33-29-25-21-17-13-2/h54-59,76,82-83H,12-53H2,1-11H3. The highest BCUT2D eigenvalue weighted by Gasteiger charge is 2.57. The highest BCUT2D eigenvalue weighted by atomic mass is 32.1. The molecule has 488 valence electrons. The van der Waals surface area contributed by atoms with Gasteiger partial charge in [0.2, 0.25) is 0 Å². The lowest BCUT2D eigenvalue weighted by Gasteiger charge is -2.38. The second-order valence-electron chi connectivity index (χ2n) is 30.3. The third-order valence-corrected chi connectivity index (χ3v) is 26.2. The molecule has 4 aromatic rings. The van der Waals surface area contributed by atoms with Crippen molar-refractivity contribution in [3.63, 3.8) is 0 Å². The third kappa shape index (κ3) is 18.6. The summed E-state index contributed by atoms with van der Waals surface area (Å²) in [5, 5.41) is 27.1. The normalized spacial score (nSPS) is 18.3. The lowest BCUT2D eigenvalue weighted by Crippen LogP contribution is -2.41. The van der Waals surface area contributed by atoms with Crippen molar-refractivity contribution in [2.45, 2.75) is 369 Å². The SMILES string of the molecule is CCCCCCCCCCCCC(CCCCCCCCCC)CC1=CN2C(=C3C(=C4c5sc6cc(C(C)(C)C)sc6c5C(CC(CCCCCCCCCC)CCCCCCCCCCCC)=CN4C3(C)O)C2O)c2sc3cc(C(C)(C)C)sc3c21. The summed E-state index contributed by atoms with van der Waals surface area (Å²) in [5.41, 5.74) is 8.31. The maximum atomic E-state index is 13.7. The van der Waals surface area contributed by atoms with Gasteiger partial charge in [-0.25, -0.2) is 0 Å². The largest absolute Gasteiger partial charge is 0.369 e. The van der Waals surface area contributed by atoms with Crippen LogP contribution in [0, 0.1) is 11.8 Å². The van der Waals surface area contributed by atoms with Crippen LogP contribution in [0.25, 0.3) is 41.3 Å². The molecule has 0 aliphatic carbocycles. The Morgan fingerprint density at radius 2 is 0.747 bits per heavy atom. The van der Waals surface area contributed by atoms with Crippen molar-refractivity contribution in [2.75, 3.05) is 0 Å². The van der Waals surface area contributed by atoms with Crippen LogP contribution in [0.15, 0.2) is 35.7 Å². The van der Waals surface area contributed by atoms with E-state index in [0.29, 0.717) is 11.8 Å². The molecule has 4 nitrogen and oxygen atoms in total. The molecule has 0 radical (unpaired) electrons. The van der Waals surface area contributed by atoms with E-state index >= 15 is 0 Å². The number of fused-ring (bicyclic) bond motifs is 11. The molecule has 4 aromatic heterocycles. The quantitative estimate of drug-likeness (QED) is 0.0433. The Morgan fingerprint density at radius 1 is 0.437 bits per heavy atom. The predicted molar refractivity (Wildman–Crippen MR) is 390 cm³/mol. The number of rotatable bonds is 44. The first kappa shape index (κ1) is 70.7. The van der Waals surface area contributed by atoms with Crippen LogP contribution in [0.3, 0.4) is 0 Å². The van der Waals surface area contributed by atoms with Gasteiger partial charge >= 0.3 is 0 Å². The molecule has 0 aromatic carbocycles. The Kier molecular flexibility index (Phi) is 28.1. The van der Waals surface area contributed by atoms with E-state index in [1.165, 1.54) is 317 Å². The summed E-state index contributed by atoms with van der Waals surface area (Å²) in [6.45, 7) is 25.6. The predicted octanol–water partition coefficient (Wildman–Crippen LogP) is 27.0. The summed E-state index contributed by atoms with van der Waals surface area (Å²) in [6, 6.07) is 4.98. The molecular weight excluding hydrogens is 1140 g/mol. The lowest BCUT2D eigenvalue weighted by atomic mass is 9.85. The molecule has 4 unspecified atom stereocenters. The fraction of sp³-hybridized carbons (Fsp3) is 0.747. The molecule has 0 amide bonds. The zero-order valence-electron chi connectivity index (χ0n) is 57.7. The van der Waals surface area contributed by atoms with Crippen molar-refractivity contribution >= 4 is 86.7 Å². The van der Waals surface area contributed by atoms with Crippen molar-refractivity contribution in [3.05, 3.63) is 66.3 Å². The monoisotopic (exact) mass is 1260 g/mol. The Morgan fingerprint density at radius 3 is 1.08 bits per heavy atom. The molecule has 0 bridgehead atoms. The molecule has 0 fully saturated rings. The summed E-state index contributed by atoms with van der Waals surface area (Å²) in [4.78, 5) is 9.92. The van der Waals surface area contributed by atoms with E-state index in [1.807, 2.05) is 45.3 Å². The number of aliphatic hydroxyl groups is 2. The summed E-state index contributed by atoms with van der Waals surface area (Å²) in [7, 11) is 0. The smallest absolute Gasteiger partial charge is 0.167 e. The lowest BCUT2D eigenvalue weighted by molar-refractivity contribution is 0.0117. The van der Waals surface area contributed by atoms with Crippen LogP contribution >= 0.6 is 45.3 Å². The zero-order chi connectivity index (χ0) is 62.0. The van der Waals surface area contributed by atoms with Gasteiger partial charge in [-0.3, -0.25) is 0 Å². The number of nitrogens with zero attached hydrogens (tertiary/aromatic N) is 2. The Labute approximate surface area is 549 Å². The van der Waals surface area contributed by atoms with Gasteiger partial charge in [-0.05, 0) is 65.7 Å². The minimum Gasteiger partial charge on any atom is -0.369 e. The minimum atomic E-state index is -1.35. The van der Waals surface area contributed by atoms with E-state index in [4.69, 9.17) is 0 Å². The second kappa shape index (κ2) is 34.6. The van der Waals surface area contributed by atoms with Crippen LogP contribution in [0.2, 0.25) is 0 Å². The van der Waals surface area contributed by atoms with Crippen molar-refractivity contribution in [1.82, 2.24) is 9.80 Å². The van der Waals surface area contributed by atoms with Crippen LogP contribution in [-0.4, -0.2) is 32.0 Å². The molecule has 0 spiro atoms. The zero-order valence-corrected chi connectivity index (χ0v) is 60.9. The first-order chi connectivity index (χ1) is 42.0. The molecule has 0 saturated carbocycles. The molecule has 0 saturated heterocycles. The van der Waals surface area contributed by atoms with Gasteiger partial charge in [0.05, 0.1) is 30.5 Å². The first-order valence-electron chi connectivity index (χ1n) is 37.1. The molecule has 8 heteroatoms. The Bertz CT molecular complexity index is 2840. The van der Waals surface area contributed by atoms with E-state index in [0.717, 1.165) is 35.4 Å². The maximum Gasteiger partial charge on any atom is 0.167 e. The second-order valence-corrected chi connectivity index (χ2v) is 34.5. The van der Waals surface area contributed by atoms with E-state index in [9.17, 15) is 10.2 Å². The van der Waals surface area contributed by atoms with Gasteiger partial charge in [0.15, 0.2) is 12.0 Å². The molecule has 4 atom stereocenters. The average molecular weight is 1260 g/mol. The van der Waals surface area contributed by atoms with Crippen LogP contribution in [-0.2, 0) is 10.8 Å². The van der Waals surface area contributed by atoms with Gasteiger partial charge in [-0.1, -0.05) is 326 Å². The van der Waals surface area contributed by atoms with Gasteiger partial charge in [-0.2, -0.15) is 0 Å². The average Bonchev–Trinajstić information content (AvgIpc) is 1.51. The number of hydrogen-bond donors (Lipinski definition) is 2. The number of hydrogen-bond acceptors (Lipinski definition) is 8. The third-order valence-electron chi connectivity index (χ3n) is 20.5. The Balaban J connectivity index is 1.12. The number of thiophene rings is 4. The minimum absolute atomic E-state index is 0.0561. The van der Waals surface area contributed by atoms with Crippen LogP contribution in [0.4, 0.5) is 0 Å². The van der Waals surface area contributed by atoms with Crippen molar-refractivity contribution in [1.29, 1.82) is 0 Å². The molecule has 8 heterocycles. The van der Waals surface area contributed by atoms with Gasteiger partial charge in [0.1, 0.15) is 0 Å². The highest BCUT2D eigenvalue weighted by molar-refractivity contribution is 7.29. The number of unbranched alkanes of at least 4 members (excludes halogenated alkanes) is 32. The van der Waals surface area contributed by atoms with Gasteiger partial charge < -0.3 is 20.0 Å². The van der Waals surface area contributed by atoms with Gasteiger partial charge in [0.25, 0.3) is 0 Å². The summed E-state index contributed by atoms with van der Waals surface area (Å²) in [6.07, 6.45) is 60.3. The van der Waals surface area contributed by atoms with Crippen molar-refractivity contribution < 1.29 is 10.2 Å². The number of allylic oxidation sites excluding steroid dienone is 2. The van der Waals surface area contributed by atoms with E-state index in [1.54, 1.807) is 0 Å². The molecule has 4 aliphatic heterocycles. The molecule has 2 N–H and O–H groups in total. The molecule has 87 heavy (non-hydrogen) atoms. The summed E-state index contributed by atoms with van der Waals surface area (Å²) >= 11 is 7.87. The molecule has 4 aliphatic rings. The fourth-order valence-electron chi connectivity index (χ4n) is 15.1. The van der Waals surface area contributed by atoms with Crippen molar-refractivity contribution in [3.8, 4) is 0 Å². The fourth-order valence-corrected chi connectivity index (χ4v) is 20.7. The van der Waals surface area contributed by atoms with Gasteiger partial charge in [-0.15, -0.1) is 45.3 Å². The topological polar surface area (TPSA) is 46.9 Å². The van der Waals surface area contributed by atoms with E-state index in [2.05, 4.69) is 110 Å². The summed E-state index contributed by atoms with van der Waals surface area (Å²) in [5.74, 6) is 1.21. The molecular formula is C79H126N2O2S4. The first-order valence-corrected chi connectivity index (χ1v) is 40.3.